The maximum atomic E-state index is 13.5. The molecular weight excluding hydrogens is 345 g/mol. The smallest absolute Gasteiger partial charge is 0.237 e. The largest absolute Gasteiger partial charge is 0.380 e. The van der Waals surface area contributed by atoms with Crippen LogP contribution in [-0.2, 0) is 4.79 Å². The van der Waals surface area contributed by atoms with Crippen molar-refractivity contribution in [3.05, 3.63) is 36.5 Å². The Labute approximate surface area is 157 Å². The molecule has 1 amide bonds. The Bertz CT molecular complexity index is 882. The number of rotatable bonds is 4. The summed E-state index contributed by atoms with van der Waals surface area (Å²) >= 11 is 0. The van der Waals surface area contributed by atoms with Crippen LogP contribution in [0, 0.1) is 11.3 Å². The number of carbonyl (C=O) groups is 1. The van der Waals surface area contributed by atoms with Crippen molar-refractivity contribution in [1.29, 1.82) is 5.26 Å². The van der Waals surface area contributed by atoms with E-state index in [1.54, 1.807) is 0 Å². The van der Waals surface area contributed by atoms with E-state index < -0.39 is 12.2 Å². The number of aromatic nitrogens is 1. The Balaban J connectivity index is 1.33. The van der Waals surface area contributed by atoms with Gasteiger partial charge in [0.25, 0.3) is 0 Å². The van der Waals surface area contributed by atoms with Gasteiger partial charge in [0.05, 0.1) is 36.6 Å². The lowest BCUT2D eigenvalue weighted by Gasteiger charge is -2.23. The van der Waals surface area contributed by atoms with E-state index in [1.807, 2.05) is 36.5 Å². The summed E-state index contributed by atoms with van der Waals surface area (Å²) in [7, 11) is 0. The predicted octanol–water partition coefficient (Wildman–Crippen LogP) is 2.18. The molecule has 3 heterocycles. The highest BCUT2D eigenvalue weighted by Crippen LogP contribution is 2.22. The van der Waals surface area contributed by atoms with Gasteiger partial charge in [0.2, 0.25) is 5.91 Å². The minimum atomic E-state index is -1.09. The van der Waals surface area contributed by atoms with E-state index in [4.69, 9.17) is 5.26 Å². The van der Waals surface area contributed by atoms with Crippen molar-refractivity contribution in [2.75, 3.05) is 31.5 Å². The average Bonchev–Trinajstić information content (AvgIpc) is 3.27. The zero-order chi connectivity index (χ0) is 18.8. The summed E-state index contributed by atoms with van der Waals surface area (Å²) < 4.78 is 13.5. The molecule has 4 rings (SSSR count). The van der Waals surface area contributed by atoms with Crippen molar-refractivity contribution in [3.63, 3.8) is 0 Å². The third kappa shape index (κ3) is 3.86. The normalized spacial score (nSPS) is 25.6. The first kappa shape index (κ1) is 17.7. The lowest BCUT2D eigenvalue weighted by molar-refractivity contribution is -0.132. The third-order valence-electron chi connectivity index (χ3n) is 5.31. The van der Waals surface area contributed by atoms with Crippen molar-refractivity contribution >= 4 is 22.5 Å². The second-order valence-corrected chi connectivity index (χ2v) is 7.31. The molecule has 0 bridgehead atoms. The van der Waals surface area contributed by atoms with Crippen molar-refractivity contribution in [2.45, 2.75) is 31.1 Å². The Morgan fingerprint density at radius 3 is 3.07 bits per heavy atom. The monoisotopic (exact) mass is 367 g/mol. The van der Waals surface area contributed by atoms with Gasteiger partial charge in [0.15, 0.2) is 0 Å². The summed E-state index contributed by atoms with van der Waals surface area (Å²) in [6, 6.07) is 11.7. The molecule has 6 nitrogen and oxygen atoms in total. The first-order chi connectivity index (χ1) is 13.1. The number of hydrogen-bond acceptors (Lipinski definition) is 5. The fourth-order valence-corrected chi connectivity index (χ4v) is 3.94. The van der Waals surface area contributed by atoms with Crippen LogP contribution in [0.2, 0.25) is 0 Å². The Hall–Kier alpha value is -2.72. The number of benzene rings is 1. The van der Waals surface area contributed by atoms with Crippen LogP contribution >= 0.6 is 0 Å². The molecule has 2 aliphatic heterocycles. The van der Waals surface area contributed by atoms with Crippen molar-refractivity contribution in [3.8, 4) is 6.07 Å². The molecular formula is C20H22FN5O. The summed E-state index contributed by atoms with van der Waals surface area (Å²) in [5, 5.41) is 13.7. The Kier molecular flexibility index (Phi) is 4.90. The molecule has 0 radical (unpaired) electrons. The van der Waals surface area contributed by atoms with Gasteiger partial charge in [-0.25, -0.2) is 4.39 Å². The minimum absolute atomic E-state index is 0.0370. The number of alkyl halides is 1. The Morgan fingerprint density at radius 2 is 2.22 bits per heavy atom. The maximum Gasteiger partial charge on any atom is 0.237 e. The van der Waals surface area contributed by atoms with Gasteiger partial charge in [0.1, 0.15) is 12.2 Å². The molecule has 2 fully saturated rings. The summed E-state index contributed by atoms with van der Waals surface area (Å²) in [4.78, 5) is 20.4. The topological polar surface area (TPSA) is 72.3 Å². The minimum Gasteiger partial charge on any atom is -0.380 e. The molecule has 2 saturated heterocycles. The van der Waals surface area contributed by atoms with Crippen molar-refractivity contribution in [2.24, 2.45) is 0 Å². The average molecular weight is 367 g/mol. The van der Waals surface area contributed by atoms with E-state index in [1.165, 1.54) is 4.90 Å². The van der Waals surface area contributed by atoms with Crippen LogP contribution in [0.15, 0.2) is 36.5 Å². The molecule has 0 unspecified atom stereocenters. The number of hydrogen-bond donors (Lipinski definition) is 1. The molecule has 7 heteroatoms. The lowest BCUT2D eigenvalue weighted by atomic mass is 10.2. The second-order valence-electron chi connectivity index (χ2n) is 7.31. The zero-order valence-electron chi connectivity index (χ0n) is 15.0. The van der Waals surface area contributed by atoms with Gasteiger partial charge in [-0.3, -0.25) is 14.7 Å². The zero-order valence-corrected chi connectivity index (χ0v) is 15.0. The second kappa shape index (κ2) is 7.49. The summed E-state index contributed by atoms with van der Waals surface area (Å²) in [6.45, 7) is 1.81. The lowest BCUT2D eigenvalue weighted by Crippen LogP contribution is -2.42. The number of fused-ring (bicyclic) bond motifs is 1. The first-order valence-electron chi connectivity index (χ1n) is 9.29. The van der Waals surface area contributed by atoms with Crippen molar-refractivity contribution in [1.82, 2.24) is 14.8 Å². The SMILES string of the molecule is N#C[C@@H]1C[C@H](F)CN1C(=O)CN1CC[C@@H](Nc2cnc3ccccc3c2)C1. The molecule has 3 atom stereocenters. The molecule has 1 aromatic heterocycles. The van der Waals surface area contributed by atoms with Gasteiger partial charge in [-0.15, -0.1) is 0 Å². The van der Waals surface area contributed by atoms with Gasteiger partial charge in [-0.2, -0.15) is 5.26 Å². The van der Waals surface area contributed by atoms with E-state index in [9.17, 15) is 9.18 Å². The summed E-state index contributed by atoms with van der Waals surface area (Å²) in [5.41, 5.74) is 1.93. The van der Waals surface area contributed by atoms with Crippen LogP contribution in [0.25, 0.3) is 10.9 Å². The van der Waals surface area contributed by atoms with Crippen LogP contribution in [-0.4, -0.2) is 65.1 Å². The highest BCUT2D eigenvalue weighted by Gasteiger charge is 2.36. The molecule has 1 N–H and O–H groups in total. The van der Waals surface area contributed by atoms with Gasteiger partial charge < -0.3 is 10.2 Å². The van der Waals surface area contributed by atoms with E-state index in [0.29, 0.717) is 0 Å². The molecule has 2 aromatic rings. The number of carbonyl (C=O) groups excluding carboxylic acids is 1. The molecule has 0 aliphatic carbocycles. The van der Waals surface area contributed by atoms with E-state index >= 15 is 0 Å². The summed E-state index contributed by atoms with van der Waals surface area (Å²) in [5.74, 6) is -0.158. The highest BCUT2D eigenvalue weighted by atomic mass is 19.1. The number of pyridine rings is 1. The standard InChI is InChI=1S/C20H22FN5O/c21-15-8-18(9-22)26(11-15)20(27)13-25-6-5-16(12-25)24-17-7-14-3-1-2-4-19(14)23-10-17/h1-4,7,10,15-16,18,24H,5-6,8,11-13H2/t15-,16+,18-/m0/s1. The molecule has 1 aromatic carbocycles. The molecule has 0 saturated carbocycles. The van der Waals surface area contributed by atoms with Gasteiger partial charge in [0, 0.05) is 30.9 Å². The fraction of sp³-hybridized carbons (Fsp3) is 0.450. The highest BCUT2D eigenvalue weighted by molar-refractivity contribution is 5.81. The Morgan fingerprint density at radius 1 is 1.37 bits per heavy atom. The molecule has 27 heavy (non-hydrogen) atoms. The first-order valence-corrected chi connectivity index (χ1v) is 9.29. The number of likely N-dealkylation sites (tertiary alicyclic amines) is 2. The van der Waals surface area contributed by atoms with Crippen LogP contribution < -0.4 is 5.32 Å². The van der Waals surface area contributed by atoms with Gasteiger partial charge >= 0.3 is 0 Å². The van der Waals surface area contributed by atoms with Crippen LogP contribution in [0.5, 0.6) is 0 Å². The van der Waals surface area contributed by atoms with Crippen LogP contribution in [0.4, 0.5) is 10.1 Å². The number of nitrogens with zero attached hydrogens (tertiary/aromatic N) is 4. The van der Waals surface area contributed by atoms with Gasteiger partial charge in [-0.1, -0.05) is 18.2 Å². The predicted molar refractivity (Wildman–Crippen MR) is 101 cm³/mol. The number of para-hydroxylation sites is 1. The van der Waals surface area contributed by atoms with Crippen LogP contribution in [0.1, 0.15) is 12.8 Å². The number of anilines is 1. The maximum absolute atomic E-state index is 13.5. The summed E-state index contributed by atoms with van der Waals surface area (Å²) in [6.07, 6.45) is 1.79. The number of halogens is 1. The van der Waals surface area contributed by atoms with E-state index in [2.05, 4.69) is 21.3 Å². The number of nitrogens with one attached hydrogen (secondary N) is 1. The number of nitriles is 1. The molecule has 2 aliphatic rings. The van der Waals surface area contributed by atoms with Gasteiger partial charge in [-0.05, 0) is 18.6 Å². The van der Waals surface area contributed by atoms with E-state index in [-0.39, 0.29) is 31.5 Å². The number of amides is 1. The quantitative estimate of drug-likeness (QED) is 0.897. The molecule has 0 spiro atoms. The van der Waals surface area contributed by atoms with Crippen molar-refractivity contribution < 1.29 is 9.18 Å². The molecule has 140 valence electrons. The fourth-order valence-electron chi connectivity index (χ4n) is 3.94. The third-order valence-corrected chi connectivity index (χ3v) is 5.31. The van der Waals surface area contributed by atoms with Crippen LogP contribution in [0.3, 0.4) is 0 Å². The van der Waals surface area contributed by atoms with E-state index in [0.717, 1.165) is 36.1 Å².